The summed E-state index contributed by atoms with van der Waals surface area (Å²) in [4.78, 5) is 28.7. The molecule has 2 saturated heterocycles. The Hall–Kier alpha value is -1.65. The molecule has 10 heteroatoms. The number of carbonyl (C=O) groups is 2. The van der Waals surface area contributed by atoms with Crippen LogP contribution in [0.2, 0.25) is 0 Å². The fourth-order valence-corrected chi connectivity index (χ4v) is 5.05. The van der Waals surface area contributed by atoms with Crippen molar-refractivity contribution in [3.63, 3.8) is 0 Å². The first-order valence-electron chi connectivity index (χ1n) is 9.94. The zero-order valence-electron chi connectivity index (χ0n) is 17.3. The minimum Gasteiger partial charge on any atom is -0.475 e. The molecule has 0 saturated carbocycles. The van der Waals surface area contributed by atoms with E-state index in [4.69, 9.17) is 14.6 Å². The minimum atomic E-state index is -5.08. The Morgan fingerprint density at radius 3 is 2.53 bits per heavy atom. The number of rotatable bonds is 5. The van der Waals surface area contributed by atoms with Crippen LogP contribution in [0.1, 0.15) is 41.9 Å². The van der Waals surface area contributed by atoms with E-state index in [0.717, 1.165) is 45.4 Å². The monoisotopic (exact) mass is 450 g/mol. The van der Waals surface area contributed by atoms with E-state index >= 15 is 0 Å². The molecule has 2 fully saturated rings. The van der Waals surface area contributed by atoms with Crippen molar-refractivity contribution in [1.82, 2.24) is 9.80 Å². The van der Waals surface area contributed by atoms with Crippen LogP contribution < -0.4 is 0 Å². The van der Waals surface area contributed by atoms with Crippen LogP contribution in [0.5, 0.6) is 0 Å². The topological polar surface area (TPSA) is 70.1 Å². The van der Waals surface area contributed by atoms with Crippen LogP contribution in [0.3, 0.4) is 0 Å². The summed E-state index contributed by atoms with van der Waals surface area (Å²) in [7, 11) is 1.71. The SMILES string of the molecule is COCCN1C(=O)CCC12CCCN(Cc1ccc(C)s1)CC2.O=C(O)C(F)(F)F. The Labute approximate surface area is 178 Å². The van der Waals surface area contributed by atoms with Crippen molar-refractivity contribution in [3.8, 4) is 0 Å². The van der Waals surface area contributed by atoms with Gasteiger partial charge in [-0.05, 0) is 51.3 Å². The average molecular weight is 451 g/mol. The van der Waals surface area contributed by atoms with Crippen molar-refractivity contribution in [2.75, 3.05) is 33.4 Å². The second-order valence-electron chi connectivity index (χ2n) is 7.71. The van der Waals surface area contributed by atoms with E-state index in [9.17, 15) is 18.0 Å². The number of halogens is 3. The highest BCUT2D eigenvalue weighted by Crippen LogP contribution is 2.39. The van der Waals surface area contributed by atoms with Crippen LogP contribution in [0.15, 0.2) is 12.1 Å². The highest BCUT2D eigenvalue weighted by atomic mass is 32.1. The molecule has 0 radical (unpaired) electrons. The van der Waals surface area contributed by atoms with Gasteiger partial charge in [0.05, 0.1) is 6.61 Å². The Kier molecular flexibility index (Phi) is 8.69. The van der Waals surface area contributed by atoms with Crippen molar-refractivity contribution in [3.05, 3.63) is 21.9 Å². The van der Waals surface area contributed by atoms with E-state index < -0.39 is 12.1 Å². The van der Waals surface area contributed by atoms with Crippen molar-refractivity contribution in [2.24, 2.45) is 0 Å². The van der Waals surface area contributed by atoms with E-state index in [0.29, 0.717) is 18.9 Å². The number of hydrogen-bond donors (Lipinski definition) is 1. The largest absolute Gasteiger partial charge is 0.490 e. The van der Waals surface area contributed by atoms with Gasteiger partial charge in [-0.25, -0.2) is 4.79 Å². The molecule has 1 N–H and O–H groups in total. The number of alkyl halides is 3. The summed E-state index contributed by atoms with van der Waals surface area (Å²) >= 11 is 1.90. The normalized spacial score (nSPS) is 22.7. The number of methoxy groups -OCH3 is 1. The molecule has 2 aliphatic rings. The van der Waals surface area contributed by atoms with E-state index in [-0.39, 0.29) is 5.54 Å². The molecule has 30 heavy (non-hydrogen) atoms. The summed E-state index contributed by atoms with van der Waals surface area (Å²) in [6, 6.07) is 4.46. The molecule has 1 aromatic rings. The zero-order valence-corrected chi connectivity index (χ0v) is 18.2. The first-order chi connectivity index (χ1) is 14.1. The van der Waals surface area contributed by atoms with Crippen LogP contribution >= 0.6 is 11.3 Å². The number of carboxylic acid groups (broad SMARTS) is 1. The third-order valence-electron chi connectivity index (χ3n) is 5.62. The molecule has 1 aromatic heterocycles. The molecule has 3 heterocycles. The molecular weight excluding hydrogens is 421 g/mol. The van der Waals surface area contributed by atoms with Gasteiger partial charge in [-0.3, -0.25) is 9.69 Å². The lowest BCUT2D eigenvalue weighted by molar-refractivity contribution is -0.192. The first-order valence-corrected chi connectivity index (χ1v) is 10.8. The van der Waals surface area contributed by atoms with Gasteiger partial charge in [-0.15, -0.1) is 11.3 Å². The highest BCUT2D eigenvalue weighted by Gasteiger charge is 2.45. The van der Waals surface area contributed by atoms with E-state index in [1.807, 2.05) is 11.3 Å². The molecular formula is C20H29F3N2O4S. The van der Waals surface area contributed by atoms with E-state index in [2.05, 4.69) is 28.9 Å². The van der Waals surface area contributed by atoms with Crippen LogP contribution in [0, 0.1) is 6.92 Å². The fourth-order valence-electron chi connectivity index (χ4n) is 4.12. The maximum Gasteiger partial charge on any atom is 0.490 e. The first kappa shape index (κ1) is 24.6. The number of carboxylic acids is 1. The van der Waals surface area contributed by atoms with Crippen molar-refractivity contribution in [1.29, 1.82) is 0 Å². The molecule has 1 spiro atoms. The number of aliphatic carboxylic acids is 1. The molecule has 1 unspecified atom stereocenters. The predicted molar refractivity (Wildman–Crippen MR) is 107 cm³/mol. The maximum atomic E-state index is 12.3. The lowest BCUT2D eigenvalue weighted by Gasteiger charge is -2.38. The smallest absolute Gasteiger partial charge is 0.475 e. The summed E-state index contributed by atoms with van der Waals surface area (Å²) in [6.45, 7) is 6.86. The Morgan fingerprint density at radius 2 is 1.97 bits per heavy atom. The molecule has 0 aromatic carbocycles. The molecule has 6 nitrogen and oxygen atoms in total. The quantitative estimate of drug-likeness (QED) is 0.741. The second kappa shape index (κ2) is 10.6. The van der Waals surface area contributed by atoms with Gasteiger partial charge in [0.15, 0.2) is 0 Å². The number of hydrogen-bond acceptors (Lipinski definition) is 5. The number of thiophene rings is 1. The highest BCUT2D eigenvalue weighted by molar-refractivity contribution is 7.11. The summed E-state index contributed by atoms with van der Waals surface area (Å²) in [5.74, 6) is -2.43. The van der Waals surface area contributed by atoms with Gasteiger partial charge >= 0.3 is 12.1 Å². The predicted octanol–water partition coefficient (Wildman–Crippen LogP) is 3.68. The van der Waals surface area contributed by atoms with E-state index in [1.165, 1.54) is 16.2 Å². The standard InChI is InChI=1S/C18H28N2O2S.C2HF3O2/c1-15-4-5-16(23-15)14-19-10-3-7-18(9-11-19)8-6-17(21)20(18)12-13-22-2;3-2(4,5)1(6)7/h4-5H,3,6-14H2,1-2H3;(H,6,7). The molecule has 1 amide bonds. The van der Waals surface area contributed by atoms with Crippen LogP contribution in [0.25, 0.3) is 0 Å². The van der Waals surface area contributed by atoms with Crippen LogP contribution in [-0.4, -0.2) is 71.8 Å². The molecule has 0 aliphatic carbocycles. The second-order valence-corrected chi connectivity index (χ2v) is 9.08. The van der Waals surface area contributed by atoms with Gasteiger partial charge < -0.3 is 14.7 Å². The summed E-state index contributed by atoms with van der Waals surface area (Å²) < 4.78 is 37.0. The van der Waals surface area contributed by atoms with Crippen molar-refractivity contribution < 1.29 is 32.6 Å². The third-order valence-corrected chi connectivity index (χ3v) is 6.61. The Balaban J connectivity index is 0.000000396. The van der Waals surface area contributed by atoms with Crippen LogP contribution in [0.4, 0.5) is 13.2 Å². The number of carbonyl (C=O) groups excluding carboxylic acids is 1. The summed E-state index contributed by atoms with van der Waals surface area (Å²) in [6.07, 6.45) is 0.0890. The molecule has 1 atom stereocenters. The van der Waals surface area contributed by atoms with E-state index in [1.54, 1.807) is 7.11 Å². The van der Waals surface area contributed by atoms with Crippen molar-refractivity contribution in [2.45, 2.75) is 57.3 Å². The molecule has 3 rings (SSSR count). The number of nitrogens with zero attached hydrogens (tertiary/aromatic N) is 2. The average Bonchev–Trinajstić information content (AvgIpc) is 3.13. The summed E-state index contributed by atoms with van der Waals surface area (Å²) in [5.41, 5.74) is 0.0930. The summed E-state index contributed by atoms with van der Waals surface area (Å²) in [5, 5.41) is 7.12. The van der Waals surface area contributed by atoms with Crippen LogP contribution in [-0.2, 0) is 20.9 Å². The van der Waals surface area contributed by atoms with Gasteiger partial charge in [-0.1, -0.05) is 0 Å². The maximum absolute atomic E-state index is 12.3. The Bertz CT molecular complexity index is 725. The Morgan fingerprint density at radius 1 is 1.27 bits per heavy atom. The zero-order chi connectivity index (χ0) is 22.4. The third kappa shape index (κ3) is 6.68. The number of aryl methyl sites for hydroxylation is 1. The van der Waals surface area contributed by atoms with Gasteiger partial charge in [-0.2, -0.15) is 13.2 Å². The number of likely N-dealkylation sites (tertiary alicyclic amines) is 2. The lowest BCUT2D eigenvalue weighted by Crippen LogP contribution is -2.47. The van der Waals surface area contributed by atoms with Gasteiger partial charge in [0.1, 0.15) is 0 Å². The van der Waals surface area contributed by atoms with Gasteiger partial charge in [0.25, 0.3) is 0 Å². The number of ether oxygens (including phenoxy) is 1. The lowest BCUT2D eigenvalue weighted by atomic mass is 9.88. The molecule has 170 valence electrons. The van der Waals surface area contributed by atoms with Crippen molar-refractivity contribution >= 4 is 23.2 Å². The fraction of sp³-hybridized carbons (Fsp3) is 0.700. The molecule has 0 bridgehead atoms. The minimum absolute atomic E-state index is 0.0930. The van der Waals surface area contributed by atoms with Gasteiger partial charge in [0, 0.05) is 48.5 Å². The molecule has 2 aliphatic heterocycles. The number of amides is 1. The van der Waals surface area contributed by atoms with Gasteiger partial charge in [0.2, 0.25) is 5.91 Å².